The fourth-order valence-corrected chi connectivity index (χ4v) is 3.03. The molecule has 0 bridgehead atoms. The highest BCUT2D eigenvalue weighted by atomic mass is 16.5. The first-order valence-corrected chi connectivity index (χ1v) is 8.68. The summed E-state index contributed by atoms with van der Waals surface area (Å²) in [5.74, 6) is 1.02. The van der Waals surface area contributed by atoms with Gasteiger partial charge in [-0.1, -0.05) is 25.5 Å². The minimum Gasteiger partial charge on any atom is -0.508 e. The minimum absolute atomic E-state index is 0.262. The first-order chi connectivity index (χ1) is 11.7. The standard InChI is InChI=1S/C19H25N3O2/c1-3-4-8-17-14(2)20-19(22-9-11-24-12-10-22)21-18(17)15-6-5-7-16(23)13-15/h5-7,13,23H,3-4,8-12H2,1-2H3. The molecule has 3 rings (SSSR count). The van der Waals surface area contributed by atoms with Gasteiger partial charge >= 0.3 is 0 Å². The molecule has 0 aliphatic carbocycles. The summed E-state index contributed by atoms with van der Waals surface area (Å²) in [6, 6.07) is 7.33. The Hall–Kier alpha value is -2.14. The van der Waals surface area contributed by atoms with E-state index in [1.165, 1.54) is 5.56 Å². The molecule has 24 heavy (non-hydrogen) atoms. The molecule has 1 aliphatic rings. The molecule has 5 nitrogen and oxygen atoms in total. The summed E-state index contributed by atoms with van der Waals surface area (Å²) in [4.78, 5) is 11.8. The van der Waals surface area contributed by atoms with Crippen LogP contribution in [0.1, 0.15) is 31.0 Å². The minimum atomic E-state index is 0.262. The van der Waals surface area contributed by atoms with Crippen molar-refractivity contribution in [2.24, 2.45) is 0 Å². The number of aryl methyl sites for hydroxylation is 1. The highest BCUT2D eigenvalue weighted by Crippen LogP contribution is 2.29. The number of anilines is 1. The topological polar surface area (TPSA) is 58.5 Å². The first kappa shape index (κ1) is 16.7. The first-order valence-electron chi connectivity index (χ1n) is 8.68. The molecule has 0 radical (unpaired) electrons. The summed E-state index contributed by atoms with van der Waals surface area (Å²) in [7, 11) is 0. The van der Waals surface area contributed by atoms with Crippen molar-refractivity contribution in [3.8, 4) is 17.0 Å². The van der Waals surface area contributed by atoms with Gasteiger partial charge in [-0.05, 0) is 37.5 Å². The summed E-state index contributed by atoms with van der Waals surface area (Å²) >= 11 is 0. The molecule has 1 aliphatic heterocycles. The number of nitrogens with zero attached hydrogens (tertiary/aromatic N) is 3. The number of hydrogen-bond acceptors (Lipinski definition) is 5. The van der Waals surface area contributed by atoms with E-state index >= 15 is 0 Å². The van der Waals surface area contributed by atoms with E-state index in [1.807, 2.05) is 12.1 Å². The molecule has 1 N–H and O–H groups in total. The van der Waals surface area contributed by atoms with Crippen LogP contribution < -0.4 is 4.90 Å². The largest absolute Gasteiger partial charge is 0.508 e. The molecule has 2 aromatic rings. The Morgan fingerprint density at radius 2 is 2.00 bits per heavy atom. The predicted molar refractivity (Wildman–Crippen MR) is 95.5 cm³/mol. The summed E-state index contributed by atoms with van der Waals surface area (Å²) in [5.41, 5.74) is 4.09. The molecular formula is C19H25N3O2. The lowest BCUT2D eigenvalue weighted by atomic mass is 10.00. The molecule has 5 heteroatoms. The monoisotopic (exact) mass is 327 g/mol. The molecule has 0 saturated carbocycles. The van der Waals surface area contributed by atoms with Crippen LogP contribution in [0.15, 0.2) is 24.3 Å². The lowest BCUT2D eigenvalue weighted by Gasteiger charge is -2.28. The van der Waals surface area contributed by atoms with Gasteiger partial charge in [0.1, 0.15) is 5.75 Å². The highest BCUT2D eigenvalue weighted by molar-refractivity contribution is 5.67. The fourth-order valence-electron chi connectivity index (χ4n) is 3.03. The van der Waals surface area contributed by atoms with Gasteiger partial charge in [-0.15, -0.1) is 0 Å². The number of ether oxygens (including phenoxy) is 1. The Balaban J connectivity index is 2.05. The molecular weight excluding hydrogens is 302 g/mol. The number of aromatic nitrogens is 2. The van der Waals surface area contributed by atoms with Gasteiger partial charge in [-0.2, -0.15) is 0 Å². The second-order valence-electron chi connectivity index (χ2n) is 6.19. The van der Waals surface area contributed by atoms with Crippen molar-refractivity contribution in [1.82, 2.24) is 9.97 Å². The van der Waals surface area contributed by atoms with Crippen LogP contribution in [0.3, 0.4) is 0 Å². The molecule has 1 saturated heterocycles. The number of morpholine rings is 1. The maximum Gasteiger partial charge on any atom is 0.226 e. The highest BCUT2D eigenvalue weighted by Gasteiger charge is 2.19. The summed E-state index contributed by atoms with van der Waals surface area (Å²) in [6.07, 6.45) is 3.19. The number of phenols is 1. The predicted octanol–water partition coefficient (Wildman–Crippen LogP) is 3.34. The molecule has 0 amide bonds. The third-order valence-corrected chi connectivity index (χ3v) is 4.40. The lowest BCUT2D eigenvalue weighted by Crippen LogP contribution is -2.37. The van der Waals surface area contributed by atoms with Crippen LogP contribution in [0.25, 0.3) is 11.3 Å². The van der Waals surface area contributed by atoms with Crippen molar-refractivity contribution in [1.29, 1.82) is 0 Å². The number of unbranched alkanes of at least 4 members (excludes halogenated alkanes) is 1. The summed E-state index contributed by atoms with van der Waals surface area (Å²) in [6.45, 7) is 7.29. The molecule has 1 fully saturated rings. The third kappa shape index (κ3) is 3.67. The van der Waals surface area contributed by atoms with Crippen molar-refractivity contribution >= 4 is 5.95 Å². The van der Waals surface area contributed by atoms with E-state index in [4.69, 9.17) is 14.7 Å². The SMILES string of the molecule is CCCCc1c(C)nc(N2CCOCC2)nc1-c1cccc(O)c1. The van der Waals surface area contributed by atoms with Gasteiger partial charge in [-0.3, -0.25) is 0 Å². The van der Waals surface area contributed by atoms with Crippen molar-refractivity contribution < 1.29 is 9.84 Å². The van der Waals surface area contributed by atoms with Gasteiger partial charge < -0.3 is 14.7 Å². The van der Waals surface area contributed by atoms with E-state index in [2.05, 4.69) is 18.7 Å². The van der Waals surface area contributed by atoms with Gasteiger partial charge in [0, 0.05) is 24.3 Å². The zero-order valence-corrected chi connectivity index (χ0v) is 14.5. The van der Waals surface area contributed by atoms with Gasteiger partial charge in [0.15, 0.2) is 0 Å². The van der Waals surface area contributed by atoms with E-state index in [0.29, 0.717) is 13.2 Å². The fraction of sp³-hybridized carbons (Fsp3) is 0.474. The van der Waals surface area contributed by atoms with Gasteiger partial charge in [0.05, 0.1) is 18.9 Å². The van der Waals surface area contributed by atoms with E-state index in [1.54, 1.807) is 12.1 Å². The Bertz CT molecular complexity index is 697. The second kappa shape index (κ2) is 7.62. The van der Waals surface area contributed by atoms with Gasteiger partial charge in [0.2, 0.25) is 5.95 Å². The molecule has 2 heterocycles. The number of rotatable bonds is 5. The normalized spacial score (nSPS) is 14.8. The molecule has 0 unspecified atom stereocenters. The van der Waals surface area contributed by atoms with Crippen LogP contribution in [-0.2, 0) is 11.2 Å². The van der Waals surface area contributed by atoms with E-state index in [-0.39, 0.29) is 5.75 Å². The number of hydrogen-bond donors (Lipinski definition) is 1. The van der Waals surface area contributed by atoms with Crippen molar-refractivity contribution in [3.63, 3.8) is 0 Å². The molecule has 0 atom stereocenters. The number of phenolic OH excluding ortho intramolecular Hbond substituents is 1. The zero-order valence-electron chi connectivity index (χ0n) is 14.5. The van der Waals surface area contributed by atoms with Gasteiger partial charge in [0.25, 0.3) is 0 Å². The van der Waals surface area contributed by atoms with E-state index in [9.17, 15) is 5.11 Å². The van der Waals surface area contributed by atoms with Crippen molar-refractivity contribution in [2.75, 3.05) is 31.2 Å². The lowest BCUT2D eigenvalue weighted by molar-refractivity contribution is 0.122. The van der Waals surface area contributed by atoms with Crippen LogP contribution in [0.2, 0.25) is 0 Å². The molecule has 0 spiro atoms. The Morgan fingerprint density at radius 1 is 1.21 bits per heavy atom. The Kier molecular flexibility index (Phi) is 5.30. The van der Waals surface area contributed by atoms with Crippen LogP contribution in [0.4, 0.5) is 5.95 Å². The maximum atomic E-state index is 9.86. The van der Waals surface area contributed by atoms with Crippen LogP contribution in [0, 0.1) is 6.92 Å². The average Bonchev–Trinajstić information content (AvgIpc) is 2.61. The zero-order chi connectivity index (χ0) is 16.9. The third-order valence-electron chi connectivity index (χ3n) is 4.40. The summed E-state index contributed by atoms with van der Waals surface area (Å²) < 4.78 is 5.43. The molecule has 1 aromatic carbocycles. The smallest absolute Gasteiger partial charge is 0.226 e. The summed E-state index contributed by atoms with van der Waals surface area (Å²) in [5, 5.41) is 9.86. The van der Waals surface area contributed by atoms with Gasteiger partial charge in [-0.25, -0.2) is 9.97 Å². The number of benzene rings is 1. The number of aromatic hydroxyl groups is 1. The average molecular weight is 327 g/mol. The van der Waals surface area contributed by atoms with Crippen LogP contribution >= 0.6 is 0 Å². The molecule has 1 aromatic heterocycles. The van der Waals surface area contributed by atoms with E-state index in [0.717, 1.165) is 55.3 Å². The second-order valence-corrected chi connectivity index (χ2v) is 6.19. The molecule has 128 valence electrons. The van der Waals surface area contributed by atoms with Crippen LogP contribution in [-0.4, -0.2) is 41.4 Å². The van der Waals surface area contributed by atoms with E-state index < -0.39 is 0 Å². The van der Waals surface area contributed by atoms with Crippen molar-refractivity contribution in [3.05, 3.63) is 35.5 Å². The van der Waals surface area contributed by atoms with Crippen molar-refractivity contribution in [2.45, 2.75) is 33.1 Å². The maximum absolute atomic E-state index is 9.86. The quantitative estimate of drug-likeness (QED) is 0.913. The Morgan fingerprint density at radius 3 is 2.71 bits per heavy atom. The van der Waals surface area contributed by atoms with Crippen LogP contribution in [0.5, 0.6) is 5.75 Å². The Labute approximate surface area is 143 Å².